The highest BCUT2D eigenvalue weighted by Gasteiger charge is 2.27. The number of rotatable bonds is 2. The van der Waals surface area contributed by atoms with Gasteiger partial charge in [-0.2, -0.15) is 0 Å². The predicted octanol–water partition coefficient (Wildman–Crippen LogP) is 4.59. The molecule has 1 aliphatic heterocycles. The number of carbonyl (C=O) groups excluding carboxylic acids is 1. The molecule has 1 heterocycles. The third-order valence-electron chi connectivity index (χ3n) is 2.19. The maximum absolute atomic E-state index is 11.6. The molecule has 2 heteroatoms. The van der Waals surface area contributed by atoms with Crippen LogP contribution in [-0.4, -0.2) is 23.4 Å². The Morgan fingerprint density at radius 2 is 1.56 bits per heavy atom. The zero-order valence-electron chi connectivity index (χ0n) is 13.3. The zero-order chi connectivity index (χ0) is 15.3. The number of carbonyl (C=O) groups is 1. The topological polar surface area (TPSA) is 20.3 Å². The molecule has 0 bridgehead atoms. The molecule has 0 aromatic heterocycles. The van der Waals surface area contributed by atoms with Gasteiger partial charge in [-0.05, 0) is 26.3 Å². The van der Waals surface area contributed by atoms with Gasteiger partial charge in [-0.3, -0.25) is 4.79 Å². The lowest BCUT2D eigenvalue weighted by Crippen LogP contribution is -2.33. The third-order valence-corrected chi connectivity index (χ3v) is 2.19. The van der Waals surface area contributed by atoms with Gasteiger partial charge in [0.05, 0.1) is 0 Å². The molecular formula is C16H31NO. The molecule has 1 rings (SSSR count). The minimum Gasteiger partial charge on any atom is -0.332 e. The molecule has 0 aromatic carbocycles. The molecule has 1 aliphatic rings. The van der Waals surface area contributed by atoms with Crippen LogP contribution in [0.15, 0.2) is 37.0 Å². The van der Waals surface area contributed by atoms with Gasteiger partial charge in [0.25, 0.3) is 5.91 Å². The Morgan fingerprint density at radius 3 is 1.72 bits per heavy atom. The summed E-state index contributed by atoms with van der Waals surface area (Å²) in [6, 6.07) is 0.282. The van der Waals surface area contributed by atoms with Crippen molar-refractivity contribution in [3.63, 3.8) is 0 Å². The van der Waals surface area contributed by atoms with E-state index in [9.17, 15) is 4.79 Å². The van der Waals surface area contributed by atoms with Crippen LogP contribution in [0.4, 0.5) is 0 Å². The van der Waals surface area contributed by atoms with E-state index in [-0.39, 0.29) is 11.9 Å². The number of hydrogen-bond donors (Lipinski definition) is 0. The molecular weight excluding hydrogens is 222 g/mol. The van der Waals surface area contributed by atoms with E-state index >= 15 is 0 Å². The summed E-state index contributed by atoms with van der Waals surface area (Å²) in [6.45, 7) is 24.4. The maximum Gasteiger partial charge on any atom is 0.254 e. The second-order valence-electron chi connectivity index (χ2n) is 3.42. The Labute approximate surface area is 114 Å². The van der Waals surface area contributed by atoms with Crippen molar-refractivity contribution < 1.29 is 4.79 Å². The predicted molar refractivity (Wildman–Crippen MR) is 83.7 cm³/mol. The second kappa shape index (κ2) is 13.8. The maximum atomic E-state index is 11.6. The van der Waals surface area contributed by atoms with Crippen LogP contribution < -0.4 is 0 Å². The summed E-state index contributed by atoms with van der Waals surface area (Å²) in [5, 5.41) is 0. The molecule has 2 nitrogen and oxygen atoms in total. The van der Waals surface area contributed by atoms with Gasteiger partial charge in [0.15, 0.2) is 0 Å². The van der Waals surface area contributed by atoms with Crippen molar-refractivity contribution in [2.75, 3.05) is 6.54 Å². The highest BCUT2D eigenvalue weighted by molar-refractivity contribution is 5.99. The first-order chi connectivity index (χ1) is 8.57. The summed E-state index contributed by atoms with van der Waals surface area (Å²) in [6.07, 6.45) is 1.65. The minimum atomic E-state index is 0.123. The highest BCUT2D eigenvalue weighted by atomic mass is 16.2. The fourth-order valence-electron chi connectivity index (χ4n) is 1.43. The molecule has 0 saturated heterocycles. The van der Waals surface area contributed by atoms with E-state index in [1.807, 2.05) is 53.4 Å². The molecule has 0 N–H and O–H groups in total. The normalized spacial score (nSPS) is 12.9. The molecule has 0 fully saturated rings. The fraction of sp³-hybridized carbons (Fsp3) is 0.562. The SMILES string of the molecule is C=C.C=CC1=C(C)CN(C(C)C)C1=O.CC.CC. The molecule has 0 unspecified atom stereocenters. The Balaban J connectivity index is -0.000000328. The quantitative estimate of drug-likeness (QED) is 0.659. The summed E-state index contributed by atoms with van der Waals surface area (Å²) < 4.78 is 0. The van der Waals surface area contributed by atoms with E-state index < -0.39 is 0 Å². The molecule has 18 heavy (non-hydrogen) atoms. The van der Waals surface area contributed by atoms with E-state index in [0.717, 1.165) is 17.7 Å². The lowest BCUT2D eigenvalue weighted by Gasteiger charge is -2.20. The number of nitrogens with zero attached hydrogens (tertiary/aromatic N) is 1. The van der Waals surface area contributed by atoms with Crippen LogP contribution in [0.25, 0.3) is 0 Å². The highest BCUT2D eigenvalue weighted by Crippen LogP contribution is 2.20. The Kier molecular flexibility index (Phi) is 16.8. The Morgan fingerprint density at radius 1 is 1.17 bits per heavy atom. The lowest BCUT2D eigenvalue weighted by atomic mass is 10.2. The van der Waals surface area contributed by atoms with Gasteiger partial charge in [0.1, 0.15) is 0 Å². The van der Waals surface area contributed by atoms with Crippen molar-refractivity contribution >= 4 is 5.91 Å². The van der Waals surface area contributed by atoms with Crippen molar-refractivity contribution in [2.24, 2.45) is 0 Å². The van der Waals surface area contributed by atoms with Gasteiger partial charge in [-0.25, -0.2) is 0 Å². The molecule has 1 amide bonds. The summed E-state index contributed by atoms with van der Waals surface area (Å²) in [5.41, 5.74) is 1.91. The number of amides is 1. The third kappa shape index (κ3) is 6.43. The first-order valence-electron chi connectivity index (χ1n) is 6.71. The minimum absolute atomic E-state index is 0.123. The van der Waals surface area contributed by atoms with Crippen LogP contribution in [0, 0.1) is 0 Å². The standard InChI is InChI=1S/C10H15NO.2C2H6.C2H4/c1-5-9-8(4)6-11(7(2)3)10(9)12;3*1-2/h5,7H,1,6H2,2-4H3;2*1-2H3;1-2H2. The van der Waals surface area contributed by atoms with Crippen LogP contribution in [0.3, 0.4) is 0 Å². The Hall–Kier alpha value is -1.31. The monoisotopic (exact) mass is 253 g/mol. The molecule has 0 aliphatic carbocycles. The van der Waals surface area contributed by atoms with E-state index in [1.165, 1.54) is 0 Å². The van der Waals surface area contributed by atoms with Crippen molar-refractivity contribution in [3.05, 3.63) is 37.0 Å². The second-order valence-corrected chi connectivity index (χ2v) is 3.42. The van der Waals surface area contributed by atoms with Crippen molar-refractivity contribution in [2.45, 2.75) is 54.5 Å². The lowest BCUT2D eigenvalue weighted by molar-refractivity contribution is -0.126. The van der Waals surface area contributed by atoms with E-state index in [4.69, 9.17) is 0 Å². The zero-order valence-corrected chi connectivity index (χ0v) is 13.3. The van der Waals surface area contributed by atoms with E-state index in [1.54, 1.807) is 6.08 Å². The first-order valence-corrected chi connectivity index (χ1v) is 6.71. The molecule has 0 aromatic rings. The molecule has 0 spiro atoms. The molecule has 0 radical (unpaired) electrons. The van der Waals surface area contributed by atoms with Gasteiger partial charge < -0.3 is 4.90 Å². The average Bonchev–Trinajstić information content (AvgIpc) is 2.71. The van der Waals surface area contributed by atoms with Crippen LogP contribution in [-0.2, 0) is 4.79 Å². The van der Waals surface area contributed by atoms with Crippen molar-refractivity contribution in [1.29, 1.82) is 0 Å². The van der Waals surface area contributed by atoms with Crippen molar-refractivity contribution in [3.8, 4) is 0 Å². The van der Waals surface area contributed by atoms with Gasteiger partial charge in [0.2, 0.25) is 0 Å². The van der Waals surface area contributed by atoms with Crippen LogP contribution in [0.2, 0.25) is 0 Å². The fourth-order valence-corrected chi connectivity index (χ4v) is 1.43. The first kappa shape index (κ1) is 21.9. The van der Waals surface area contributed by atoms with Crippen LogP contribution in [0.1, 0.15) is 48.5 Å². The summed E-state index contributed by atoms with van der Waals surface area (Å²) >= 11 is 0. The largest absolute Gasteiger partial charge is 0.332 e. The van der Waals surface area contributed by atoms with Crippen LogP contribution in [0.5, 0.6) is 0 Å². The average molecular weight is 253 g/mol. The Bertz CT molecular complexity index is 264. The molecule has 0 saturated carbocycles. The van der Waals surface area contributed by atoms with Crippen molar-refractivity contribution in [1.82, 2.24) is 4.90 Å². The van der Waals surface area contributed by atoms with Gasteiger partial charge in [-0.15, -0.1) is 13.2 Å². The smallest absolute Gasteiger partial charge is 0.254 e. The van der Waals surface area contributed by atoms with E-state index in [2.05, 4.69) is 19.7 Å². The molecule has 0 atom stereocenters. The van der Waals surface area contributed by atoms with Gasteiger partial charge >= 0.3 is 0 Å². The number of hydrogen-bond acceptors (Lipinski definition) is 1. The van der Waals surface area contributed by atoms with Gasteiger partial charge in [0, 0.05) is 18.2 Å². The van der Waals surface area contributed by atoms with E-state index in [0.29, 0.717) is 0 Å². The van der Waals surface area contributed by atoms with Crippen LogP contribution >= 0.6 is 0 Å². The summed E-state index contributed by atoms with van der Waals surface area (Å²) in [4.78, 5) is 13.4. The van der Waals surface area contributed by atoms with Gasteiger partial charge in [-0.1, -0.05) is 40.3 Å². The molecule has 106 valence electrons. The summed E-state index contributed by atoms with van der Waals surface area (Å²) in [5.74, 6) is 0.123. The summed E-state index contributed by atoms with van der Waals surface area (Å²) in [7, 11) is 0.